The number of nitrogens with zero attached hydrogens (tertiary/aromatic N) is 2. The second-order valence-electron chi connectivity index (χ2n) is 4.66. The van der Waals surface area contributed by atoms with Crippen LogP contribution in [0.4, 0.5) is 5.69 Å². The molecular weight excluding hydrogens is 240 g/mol. The van der Waals surface area contributed by atoms with Gasteiger partial charge in [-0.05, 0) is 26.8 Å². The SMILES string of the molecule is CCN(CC)C(=O)CN(C)c1ccccc1C(C)O. The van der Waals surface area contributed by atoms with Gasteiger partial charge in [0, 0.05) is 31.4 Å². The maximum Gasteiger partial charge on any atom is 0.242 e. The molecule has 1 rings (SSSR count). The first-order valence-electron chi connectivity index (χ1n) is 6.77. The highest BCUT2D eigenvalue weighted by atomic mass is 16.3. The van der Waals surface area contributed by atoms with Crippen molar-refractivity contribution in [1.82, 2.24) is 4.90 Å². The Morgan fingerprint density at radius 2 is 1.84 bits per heavy atom. The Bertz CT molecular complexity index is 414. The first-order chi connectivity index (χ1) is 9.01. The Balaban J connectivity index is 2.84. The topological polar surface area (TPSA) is 43.8 Å². The molecule has 0 aliphatic rings. The van der Waals surface area contributed by atoms with E-state index < -0.39 is 6.10 Å². The maximum atomic E-state index is 12.1. The zero-order valence-electron chi connectivity index (χ0n) is 12.3. The lowest BCUT2D eigenvalue weighted by Gasteiger charge is -2.26. The quantitative estimate of drug-likeness (QED) is 0.855. The molecule has 0 heterocycles. The molecule has 1 N–H and O–H groups in total. The summed E-state index contributed by atoms with van der Waals surface area (Å²) in [7, 11) is 1.88. The molecule has 1 amide bonds. The van der Waals surface area contributed by atoms with Crippen molar-refractivity contribution in [3.63, 3.8) is 0 Å². The smallest absolute Gasteiger partial charge is 0.242 e. The van der Waals surface area contributed by atoms with Crippen LogP contribution in [0.1, 0.15) is 32.4 Å². The average molecular weight is 264 g/mol. The van der Waals surface area contributed by atoms with E-state index in [9.17, 15) is 9.90 Å². The van der Waals surface area contributed by atoms with E-state index in [1.165, 1.54) is 0 Å². The normalized spacial score (nSPS) is 12.1. The highest BCUT2D eigenvalue weighted by Crippen LogP contribution is 2.25. The van der Waals surface area contributed by atoms with Crippen molar-refractivity contribution in [2.24, 2.45) is 0 Å². The van der Waals surface area contributed by atoms with Crippen LogP contribution >= 0.6 is 0 Å². The van der Waals surface area contributed by atoms with Crippen molar-refractivity contribution in [3.05, 3.63) is 29.8 Å². The third-order valence-electron chi connectivity index (χ3n) is 3.29. The molecule has 19 heavy (non-hydrogen) atoms. The average Bonchev–Trinajstić information content (AvgIpc) is 2.40. The number of likely N-dealkylation sites (N-methyl/N-ethyl adjacent to an activating group) is 2. The first-order valence-corrected chi connectivity index (χ1v) is 6.77. The lowest BCUT2D eigenvalue weighted by molar-refractivity contribution is -0.129. The van der Waals surface area contributed by atoms with Crippen LogP contribution in [0.15, 0.2) is 24.3 Å². The van der Waals surface area contributed by atoms with Crippen LogP contribution in [0, 0.1) is 0 Å². The predicted molar refractivity (Wildman–Crippen MR) is 78.3 cm³/mol. The number of para-hydroxylation sites is 1. The molecule has 4 heteroatoms. The number of carbonyl (C=O) groups is 1. The van der Waals surface area contributed by atoms with Gasteiger partial charge in [0.1, 0.15) is 0 Å². The zero-order chi connectivity index (χ0) is 14.4. The van der Waals surface area contributed by atoms with Crippen LogP contribution in [-0.2, 0) is 4.79 Å². The number of hydrogen-bond acceptors (Lipinski definition) is 3. The van der Waals surface area contributed by atoms with Crippen LogP contribution in [-0.4, -0.2) is 42.6 Å². The minimum atomic E-state index is -0.540. The number of hydrogen-bond donors (Lipinski definition) is 1. The summed E-state index contributed by atoms with van der Waals surface area (Å²) in [6.45, 7) is 7.46. The molecule has 0 saturated heterocycles. The van der Waals surface area contributed by atoms with Crippen LogP contribution in [0.5, 0.6) is 0 Å². The Morgan fingerprint density at radius 3 is 2.37 bits per heavy atom. The number of rotatable bonds is 6. The fraction of sp³-hybridized carbons (Fsp3) is 0.533. The molecule has 1 atom stereocenters. The van der Waals surface area contributed by atoms with Crippen LogP contribution < -0.4 is 4.90 Å². The molecule has 0 aromatic heterocycles. The summed E-state index contributed by atoms with van der Waals surface area (Å²) < 4.78 is 0. The summed E-state index contributed by atoms with van der Waals surface area (Å²) >= 11 is 0. The van der Waals surface area contributed by atoms with Crippen molar-refractivity contribution in [2.45, 2.75) is 26.9 Å². The third-order valence-corrected chi connectivity index (χ3v) is 3.29. The lowest BCUT2D eigenvalue weighted by Crippen LogP contribution is -2.39. The van der Waals surface area contributed by atoms with E-state index in [1.807, 2.05) is 55.0 Å². The van der Waals surface area contributed by atoms with Crippen LogP contribution in [0.3, 0.4) is 0 Å². The van der Waals surface area contributed by atoms with E-state index in [-0.39, 0.29) is 5.91 Å². The Kier molecular flexibility index (Phi) is 5.83. The maximum absolute atomic E-state index is 12.1. The van der Waals surface area contributed by atoms with Gasteiger partial charge in [-0.2, -0.15) is 0 Å². The number of benzene rings is 1. The van der Waals surface area contributed by atoms with Crippen molar-refractivity contribution in [2.75, 3.05) is 31.6 Å². The second kappa shape index (κ2) is 7.14. The van der Waals surface area contributed by atoms with Crippen molar-refractivity contribution >= 4 is 11.6 Å². The molecule has 106 valence electrons. The van der Waals surface area contributed by atoms with E-state index in [1.54, 1.807) is 6.92 Å². The van der Waals surface area contributed by atoms with Gasteiger partial charge in [0.05, 0.1) is 12.6 Å². The van der Waals surface area contributed by atoms with Gasteiger partial charge < -0.3 is 14.9 Å². The molecule has 1 aromatic carbocycles. The highest BCUT2D eigenvalue weighted by molar-refractivity contribution is 5.81. The predicted octanol–water partition coefficient (Wildman–Crippen LogP) is 2.04. The fourth-order valence-corrected chi connectivity index (χ4v) is 2.15. The summed E-state index contributed by atoms with van der Waals surface area (Å²) in [5.74, 6) is 0.105. The molecule has 0 aliphatic carbocycles. The molecule has 0 saturated carbocycles. The summed E-state index contributed by atoms with van der Waals surface area (Å²) in [6.07, 6.45) is -0.540. The van der Waals surface area contributed by atoms with Crippen molar-refractivity contribution in [1.29, 1.82) is 0 Å². The minimum absolute atomic E-state index is 0.105. The number of amides is 1. The number of aliphatic hydroxyl groups excluding tert-OH is 1. The molecule has 0 radical (unpaired) electrons. The molecule has 0 bridgehead atoms. The third kappa shape index (κ3) is 3.96. The van der Waals surface area contributed by atoms with Gasteiger partial charge in [0.2, 0.25) is 5.91 Å². The molecule has 1 unspecified atom stereocenters. The van der Waals surface area contributed by atoms with Gasteiger partial charge in [0.15, 0.2) is 0 Å². The molecular formula is C15H24N2O2. The van der Waals surface area contributed by atoms with Gasteiger partial charge in [-0.15, -0.1) is 0 Å². The zero-order valence-corrected chi connectivity index (χ0v) is 12.3. The van der Waals surface area contributed by atoms with E-state index in [0.717, 1.165) is 24.3 Å². The second-order valence-corrected chi connectivity index (χ2v) is 4.66. The Hall–Kier alpha value is -1.55. The summed E-state index contributed by atoms with van der Waals surface area (Å²) in [5.41, 5.74) is 1.75. The monoisotopic (exact) mass is 264 g/mol. The first kappa shape index (κ1) is 15.5. The molecule has 1 aromatic rings. The number of anilines is 1. The van der Waals surface area contributed by atoms with Gasteiger partial charge in [-0.25, -0.2) is 0 Å². The molecule has 0 fully saturated rings. The van der Waals surface area contributed by atoms with E-state index in [4.69, 9.17) is 0 Å². The van der Waals surface area contributed by atoms with Crippen LogP contribution in [0.25, 0.3) is 0 Å². The van der Waals surface area contributed by atoms with Crippen LogP contribution in [0.2, 0.25) is 0 Å². The summed E-state index contributed by atoms with van der Waals surface area (Å²) in [4.78, 5) is 15.8. The summed E-state index contributed by atoms with van der Waals surface area (Å²) in [6, 6.07) is 7.63. The summed E-state index contributed by atoms with van der Waals surface area (Å²) in [5, 5.41) is 9.77. The van der Waals surface area contributed by atoms with Gasteiger partial charge in [-0.1, -0.05) is 18.2 Å². The van der Waals surface area contributed by atoms with Crippen molar-refractivity contribution < 1.29 is 9.90 Å². The van der Waals surface area contributed by atoms with Gasteiger partial charge in [0.25, 0.3) is 0 Å². The van der Waals surface area contributed by atoms with E-state index in [0.29, 0.717) is 6.54 Å². The number of aliphatic hydroxyl groups is 1. The Labute approximate surface area is 115 Å². The lowest BCUT2D eigenvalue weighted by atomic mass is 10.1. The highest BCUT2D eigenvalue weighted by Gasteiger charge is 2.16. The van der Waals surface area contributed by atoms with Gasteiger partial charge >= 0.3 is 0 Å². The standard InChI is InChI=1S/C15H24N2O2/c1-5-17(6-2)15(19)11-16(4)14-10-8-7-9-13(14)12(3)18/h7-10,12,18H,5-6,11H2,1-4H3. The van der Waals surface area contributed by atoms with Crippen molar-refractivity contribution in [3.8, 4) is 0 Å². The molecule has 4 nitrogen and oxygen atoms in total. The molecule has 0 spiro atoms. The Morgan fingerprint density at radius 1 is 1.26 bits per heavy atom. The fourth-order valence-electron chi connectivity index (χ4n) is 2.15. The van der Waals surface area contributed by atoms with Gasteiger partial charge in [-0.3, -0.25) is 4.79 Å². The largest absolute Gasteiger partial charge is 0.389 e. The number of carbonyl (C=O) groups excluding carboxylic acids is 1. The molecule has 0 aliphatic heterocycles. The van der Waals surface area contributed by atoms with E-state index >= 15 is 0 Å². The minimum Gasteiger partial charge on any atom is -0.389 e. The van der Waals surface area contributed by atoms with E-state index in [2.05, 4.69) is 0 Å².